The molecule has 0 unspecified atom stereocenters. The Hall–Kier alpha value is -1.28. The van der Waals surface area contributed by atoms with E-state index in [1.165, 1.54) is 74.0 Å². The fourth-order valence-electron chi connectivity index (χ4n) is 5.44. The van der Waals surface area contributed by atoms with E-state index < -0.39 is 0 Å². The van der Waals surface area contributed by atoms with Gasteiger partial charge in [0.2, 0.25) is 0 Å². The smallest absolute Gasteiger partial charge is 0.146 e. The average Bonchev–Trinajstić information content (AvgIpc) is 3.38. The van der Waals surface area contributed by atoms with Gasteiger partial charge in [-0.05, 0) is 51.0 Å². The van der Waals surface area contributed by atoms with E-state index in [0.717, 1.165) is 55.2 Å². The molecule has 0 aromatic carbocycles. The van der Waals surface area contributed by atoms with Gasteiger partial charge in [0.05, 0.1) is 25.1 Å². The summed E-state index contributed by atoms with van der Waals surface area (Å²) in [5.74, 6) is 2.95. The molecule has 2 saturated heterocycles. The first kappa shape index (κ1) is 21.6. The molecule has 4 heterocycles. The molecule has 3 aliphatic rings. The second-order valence-electron chi connectivity index (χ2n) is 9.71. The molecule has 1 N–H and O–H groups in total. The molecule has 3 fully saturated rings. The van der Waals surface area contributed by atoms with Crippen molar-refractivity contribution in [2.24, 2.45) is 5.92 Å². The van der Waals surface area contributed by atoms with Crippen LogP contribution in [0.4, 0.5) is 5.82 Å². The summed E-state index contributed by atoms with van der Waals surface area (Å²) < 4.78 is 5.50. The van der Waals surface area contributed by atoms with Crippen LogP contribution < -0.4 is 5.32 Å². The molecule has 2 aromatic rings. The molecule has 170 valence electrons. The van der Waals surface area contributed by atoms with Crippen molar-refractivity contribution in [1.29, 1.82) is 0 Å². The van der Waals surface area contributed by atoms with Crippen LogP contribution in [0.15, 0.2) is 0 Å². The van der Waals surface area contributed by atoms with Crippen LogP contribution in [0.5, 0.6) is 0 Å². The van der Waals surface area contributed by atoms with Gasteiger partial charge in [-0.25, -0.2) is 9.97 Å². The Morgan fingerprint density at radius 2 is 1.71 bits per heavy atom. The summed E-state index contributed by atoms with van der Waals surface area (Å²) in [5, 5.41) is 5.09. The Kier molecular flexibility index (Phi) is 6.74. The lowest BCUT2D eigenvalue weighted by atomic mass is 10.0. The number of thiophene rings is 1. The molecular formula is C24H37N5OS. The lowest BCUT2D eigenvalue weighted by Gasteiger charge is -2.34. The average molecular weight is 444 g/mol. The summed E-state index contributed by atoms with van der Waals surface area (Å²) in [5.41, 5.74) is 1.33. The molecule has 2 aromatic heterocycles. The maximum absolute atomic E-state index is 5.50. The predicted octanol–water partition coefficient (Wildman–Crippen LogP) is 4.21. The molecule has 1 saturated carbocycles. The van der Waals surface area contributed by atoms with Crippen LogP contribution in [-0.2, 0) is 11.3 Å². The quantitative estimate of drug-likeness (QED) is 0.722. The summed E-state index contributed by atoms with van der Waals surface area (Å²) in [6, 6.07) is 0.508. The van der Waals surface area contributed by atoms with Gasteiger partial charge in [-0.15, -0.1) is 11.3 Å². The fraction of sp³-hybridized carbons (Fsp3) is 0.750. The zero-order valence-electron chi connectivity index (χ0n) is 19.2. The van der Waals surface area contributed by atoms with Gasteiger partial charge >= 0.3 is 0 Å². The van der Waals surface area contributed by atoms with Crippen LogP contribution >= 0.6 is 11.3 Å². The third kappa shape index (κ3) is 5.05. The van der Waals surface area contributed by atoms with Crippen molar-refractivity contribution in [2.75, 3.05) is 51.3 Å². The maximum Gasteiger partial charge on any atom is 0.146 e. The number of aryl methyl sites for hydroxylation is 2. The minimum absolute atomic E-state index is 0.508. The first-order valence-corrected chi connectivity index (χ1v) is 13.0. The highest BCUT2D eigenvalue weighted by atomic mass is 32.1. The molecule has 5 rings (SSSR count). The number of aromatic nitrogens is 2. The van der Waals surface area contributed by atoms with Crippen LogP contribution in [0.25, 0.3) is 10.2 Å². The monoisotopic (exact) mass is 443 g/mol. The zero-order valence-corrected chi connectivity index (χ0v) is 20.0. The van der Waals surface area contributed by atoms with Gasteiger partial charge in [0.1, 0.15) is 16.5 Å². The van der Waals surface area contributed by atoms with Crippen molar-refractivity contribution in [3.05, 3.63) is 16.3 Å². The number of piperidine rings is 1. The van der Waals surface area contributed by atoms with Crippen LogP contribution in [0.3, 0.4) is 0 Å². The minimum Gasteiger partial charge on any atom is -0.379 e. The van der Waals surface area contributed by atoms with E-state index in [2.05, 4.69) is 29.0 Å². The van der Waals surface area contributed by atoms with Crippen molar-refractivity contribution >= 4 is 27.4 Å². The molecule has 31 heavy (non-hydrogen) atoms. The summed E-state index contributed by atoms with van der Waals surface area (Å²) in [6.45, 7) is 12.5. The lowest BCUT2D eigenvalue weighted by Crippen LogP contribution is -2.41. The number of hydrogen-bond acceptors (Lipinski definition) is 7. The van der Waals surface area contributed by atoms with Crippen LogP contribution in [0.1, 0.15) is 54.8 Å². The van der Waals surface area contributed by atoms with Crippen molar-refractivity contribution < 1.29 is 4.74 Å². The van der Waals surface area contributed by atoms with Crippen LogP contribution in [0.2, 0.25) is 0 Å². The Morgan fingerprint density at radius 3 is 2.45 bits per heavy atom. The molecule has 0 atom stereocenters. The van der Waals surface area contributed by atoms with Gasteiger partial charge < -0.3 is 15.0 Å². The summed E-state index contributed by atoms with van der Waals surface area (Å²) in [4.78, 5) is 17.6. The summed E-state index contributed by atoms with van der Waals surface area (Å²) in [7, 11) is 0. The molecule has 0 amide bonds. The number of ether oxygens (including phenoxy) is 1. The SMILES string of the molecule is Cc1sc2nc(CN3CCOCC3)nc(NC3CCN(CC4CCCC4)CC3)c2c1C. The fourth-order valence-corrected chi connectivity index (χ4v) is 6.49. The van der Waals surface area contributed by atoms with Crippen molar-refractivity contribution in [3.63, 3.8) is 0 Å². The lowest BCUT2D eigenvalue weighted by molar-refractivity contribution is 0.0331. The van der Waals surface area contributed by atoms with E-state index >= 15 is 0 Å². The number of hydrogen-bond donors (Lipinski definition) is 1. The zero-order chi connectivity index (χ0) is 21.2. The van der Waals surface area contributed by atoms with Gasteiger partial charge in [0.15, 0.2) is 0 Å². The molecule has 2 aliphatic heterocycles. The molecule has 7 heteroatoms. The third-order valence-corrected chi connectivity index (χ3v) is 8.56. The van der Waals surface area contributed by atoms with E-state index in [-0.39, 0.29) is 0 Å². The van der Waals surface area contributed by atoms with E-state index in [1.54, 1.807) is 11.3 Å². The normalized spacial score (nSPS) is 22.5. The Balaban J connectivity index is 1.28. The highest BCUT2D eigenvalue weighted by Crippen LogP contribution is 2.34. The predicted molar refractivity (Wildman–Crippen MR) is 128 cm³/mol. The molecular weight excluding hydrogens is 406 g/mol. The number of nitrogens with zero attached hydrogens (tertiary/aromatic N) is 4. The van der Waals surface area contributed by atoms with Gasteiger partial charge in [-0.3, -0.25) is 4.90 Å². The molecule has 1 aliphatic carbocycles. The molecule has 0 spiro atoms. The standard InChI is InChI=1S/C24H37N5OS/c1-17-18(2)31-24-22(17)23(26-21(27-24)16-29-11-13-30-14-12-29)25-20-7-9-28(10-8-20)15-19-5-3-4-6-19/h19-20H,3-16H2,1-2H3,(H,25,26,27). The van der Waals surface area contributed by atoms with Crippen LogP contribution in [0, 0.1) is 19.8 Å². The van der Waals surface area contributed by atoms with Crippen molar-refractivity contribution in [2.45, 2.75) is 65.0 Å². The van der Waals surface area contributed by atoms with Crippen LogP contribution in [-0.4, -0.2) is 71.7 Å². The van der Waals surface area contributed by atoms with Gasteiger partial charge in [-0.1, -0.05) is 12.8 Å². The van der Waals surface area contributed by atoms with E-state index in [1.807, 2.05) is 0 Å². The minimum atomic E-state index is 0.508. The topological polar surface area (TPSA) is 53.5 Å². The summed E-state index contributed by atoms with van der Waals surface area (Å²) >= 11 is 1.81. The van der Waals surface area contributed by atoms with Gasteiger partial charge in [0, 0.05) is 43.6 Å². The van der Waals surface area contributed by atoms with Gasteiger partial charge in [-0.2, -0.15) is 0 Å². The number of morpholine rings is 1. The Labute approximate surface area is 190 Å². The second-order valence-corrected chi connectivity index (χ2v) is 10.9. The Morgan fingerprint density at radius 1 is 0.968 bits per heavy atom. The number of likely N-dealkylation sites (tertiary alicyclic amines) is 1. The Bertz CT molecular complexity index is 880. The summed E-state index contributed by atoms with van der Waals surface area (Å²) in [6.07, 6.45) is 8.19. The molecule has 0 bridgehead atoms. The van der Waals surface area contributed by atoms with Gasteiger partial charge in [0.25, 0.3) is 0 Å². The van der Waals surface area contributed by atoms with E-state index in [9.17, 15) is 0 Å². The first-order valence-electron chi connectivity index (χ1n) is 12.2. The highest BCUT2D eigenvalue weighted by molar-refractivity contribution is 7.18. The molecule has 6 nitrogen and oxygen atoms in total. The second kappa shape index (κ2) is 9.69. The van der Waals surface area contributed by atoms with Crippen molar-refractivity contribution in [1.82, 2.24) is 19.8 Å². The largest absolute Gasteiger partial charge is 0.379 e. The van der Waals surface area contributed by atoms with E-state index in [4.69, 9.17) is 14.7 Å². The van der Waals surface area contributed by atoms with E-state index in [0.29, 0.717) is 6.04 Å². The highest BCUT2D eigenvalue weighted by Gasteiger charge is 2.25. The number of nitrogens with one attached hydrogen (secondary N) is 1. The molecule has 0 radical (unpaired) electrons. The third-order valence-electron chi connectivity index (χ3n) is 7.46. The number of anilines is 1. The maximum atomic E-state index is 5.50. The number of rotatable bonds is 6. The first-order chi connectivity index (χ1) is 15.2. The van der Waals surface area contributed by atoms with Crippen molar-refractivity contribution in [3.8, 4) is 0 Å². The number of fused-ring (bicyclic) bond motifs is 1.